The minimum atomic E-state index is -0.469. The van der Waals surface area contributed by atoms with Gasteiger partial charge in [-0.2, -0.15) is 5.10 Å². The standard InChI is InChI=1S/C13H14N4O3/c1-3-12(18)9(2)16-8-14-13(15-16)10-5-4-6-11(7-10)17(19)20/h4-9H,3H2,1-2H3. The summed E-state index contributed by atoms with van der Waals surface area (Å²) < 4.78 is 1.47. The summed E-state index contributed by atoms with van der Waals surface area (Å²) in [6.07, 6.45) is 1.89. The average Bonchev–Trinajstić information content (AvgIpc) is 2.95. The molecule has 0 saturated carbocycles. The molecule has 7 nitrogen and oxygen atoms in total. The van der Waals surface area contributed by atoms with Crippen LogP contribution >= 0.6 is 0 Å². The van der Waals surface area contributed by atoms with Crippen LogP contribution in [-0.4, -0.2) is 25.5 Å². The Balaban J connectivity index is 2.31. The fraction of sp³-hybridized carbons (Fsp3) is 0.308. The maximum absolute atomic E-state index is 11.6. The first-order valence-corrected chi connectivity index (χ1v) is 6.21. The molecular weight excluding hydrogens is 260 g/mol. The highest BCUT2D eigenvalue weighted by molar-refractivity contribution is 5.81. The number of ketones is 1. The Bertz CT molecular complexity index is 651. The summed E-state index contributed by atoms with van der Waals surface area (Å²) in [7, 11) is 0. The maximum Gasteiger partial charge on any atom is 0.270 e. The fourth-order valence-corrected chi connectivity index (χ4v) is 1.80. The Labute approximate surface area is 115 Å². The molecule has 0 aliphatic heterocycles. The molecule has 1 aromatic heterocycles. The van der Waals surface area contributed by atoms with Crippen molar-refractivity contribution in [1.29, 1.82) is 0 Å². The first kappa shape index (κ1) is 13.9. The first-order chi connectivity index (χ1) is 9.52. The number of benzene rings is 1. The quantitative estimate of drug-likeness (QED) is 0.616. The highest BCUT2D eigenvalue weighted by atomic mass is 16.6. The Hall–Kier alpha value is -2.57. The van der Waals surface area contributed by atoms with Crippen LogP contribution in [0.15, 0.2) is 30.6 Å². The summed E-state index contributed by atoms with van der Waals surface area (Å²) in [6.45, 7) is 3.54. The van der Waals surface area contributed by atoms with Crippen LogP contribution in [-0.2, 0) is 4.79 Å². The highest BCUT2D eigenvalue weighted by Gasteiger charge is 2.16. The van der Waals surface area contributed by atoms with Gasteiger partial charge in [0.2, 0.25) is 0 Å². The summed E-state index contributed by atoms with van der Waals surface area (Å²) in [5, 5.41) is 15.0. The largest absolute Gasteiger partial charge is 0.297 e. The van der Waals surface area contributed by atoms with Gasteiger partial charge in [0.1, 0.15) is 12.4 Å². The fourth-order valence-electron chi connectivity index (χ4n) is 1.80. The van der Waals surface area contributed by atoms with Gasteiger partial charge in [0.25, 0.3) is 5.69 Å². The van der Waals surface area contributed by atoms with Crippen LogP contribution < -0.4 is 0 Å². The number of aromatic nitrogens is 3. The Morgan fingerprint density at radius 1 is 1.50 bits per heavy atom. The van der Waals surface area contributed by atoms with Gasteiger partial charge < -0.3 is 0 Å². The summed E-state index contributed by atoms with van der Waals surface area (Å²) in [5.41, 5.74) is 0.533. The van der Waals surface area contributed by atoms with Crippen LogP contribution in [0.1, 0.15) is 26.3 Å². The van der Waals surface area contributed by atoms with E-state index >= 15 is 0 Å². The molecule has 0 spiro atoms. The van der Waals surface area contributed by atoms with E-state index in [1.165, 1.54) is 23.1 Å². The lowest BCUT2D eigenvalue weighted by atomic mass is 10.2. The number of non-ortho nitro benzene ring substituents is 1. The predicted molar refractivity (Wildman–Crippen MR) is 72.1 cm³/mol. The number of nitrogens with zero attached hydrogens (tertiary/aromatic N) is 4. The van der Waals surface area contributed by atoms with E-state index in [4.69, 9.17) is 0 Å². The molecule has 1 unspecified atom stereocenters. The third-order valence-corrected chi connectivity index (χ3v) is 3.03. The normalized spacial score (nSPS) is 12.1. The molecule has 0 fully saturated rings. The van der Waals surface area contributed by atoms with Crippen LogP contribution in [0.25, 0.3) is 11.4 Å². The second kappa shape index (κ2) is 5.60. The molecule has 0 aliphatic rings. The van der Waals surface area contributed by atoms with Crippen molar-refractivity contribution in [2.45, 2.75) is 26.3 Å². The lowest BCUT2D eigenvalue weighted by molar-refractivity contribution is -0.384. The molecule has 1 aromatic carbocycles. The van der Waals surface area contributed by atoms with Gasteiger partial charge in [0.05, 0.1) is 4.92 Å². The topological polar surface area (TPSA) is 90.9 Å². The van der Waals surface area contributed by atoms with Crippen molar-refractivity contribution >= 4 is 11.5 Å². The zero-order chi connectivity index (χ0) is 14.7. The number of Topliss-reactive ketones (excluding diaryl/α,β-unsaturated/α-hetero) is 1. The molecule has 0 saturated heterocycles. The molecule has 7 heteroatoms. The lowest BCUT2D eigenvalue weighted by Crippen LogP contribution is -2.15. The minimum Gasteiger partial charge on any atom is -0.297 e. The van der Waals surface area contributed by atoms with Gasteiger partial charge in [-0.3, -0.25) is 14.9 Å². The van der Waals surface area contributed by atoms with Gasteiger partial charge in [0, 0.05) is 24.1 Å². The number of nitro groups is 1. The van der Waals surface area contributed by atoms with Crippen LogP contribution in [0.3, 0.4) is 0 Å². The van der Waals surface area contributed by atoms with E-state index in [9.17, 15) is 14.9 Å². The molecule has 104 valence electrons. The molecule has 0 amide bonds. The third kappa shape index (κ3) is 2.71. The summed E-state index contributed by atoms with van der Waals surface area (Å²) >= 11 is 0. The molecule has 0 radical (unpaired) electrons. The number of carbonyl (C=O) groups excluding carboxylic acids is 1. The van der Waals surface area contributed by atoms with Gasteiger partial charge in [-0.05, 0) is 6.92 Å². The lowest BCUT2D eigenvalue weighted by Gasteiger charge is -2.07. The van der Waals surface area contributed by atoms with Crippen molar-refractivity contribution in [3.05, 3.63) is 40.7 Å². The molecule has 20 heavy (non-hydrogen) atoms. The predicted octanol–water partition coefficient (Wildman–Crippen LogP) is 2.39. The van der Waals surface area contributed by atoms with Gasteiger partial charge >= 0.3 is 0 Å². The first-order valence-electron chi connectivity index (χ1n) is 6.21. The number of rotatable bonds is 5. The maximum atomic E-state index is 11.6. The van der Waals surface area contributed by atoms with E-state index in [1.54, 1.807) is 26.0 Å². The Morgan fingerprint density at radius 3 is 2.90 bits per heavy atom. The average molecular weight is 274 g/mol. The van der Waals surface area contributed by atoms with Gasteiger partial charge in [-0.1, -0.05) is 19.1 Å². The minimum absolute atomic E-state index is 0.0171. The van der Waals surface area contributed by atoms with E-state index in [1.807, 2.05) is 0 Å². The van der Waals surface area contributed by atoms with Crippen LogP contribution in [0.5, 0.6) is 0 Å². The van der Waals surface area contributed by atoms with E-state index in [2.05, 4.69) is 10.1 Å². The van der Waals surface area contributed by atoms with Crippen LogP contribution in [0.4, 0.5) is 5.69 Å². The second-order valence-electron chi connectivity index (χ2n) is 4.35. The van der Waals surface area contributed by atoms with Crippen molar-refractivity contribution in [1.82, 2.24) is 14.8 Å². The zero-order valence-corrected chi connectivity index (χ0v) is 11.2. The summed E-state index contributed by atoms with van der Waals surface area (Å²) in [4.78, 5) is 26.0. The molecule has 0 aliphatic carbocycles. The van der Waals surface area contributed by atoms with Gasteiger partial charge in [0.15, 0.2) is 11.6 Å². The van der Waals surface area contributed by atoms with Gasteiger partial charge in [-0.25, -0.2) is 9.67 Å². The molecule has 2 rings (SSSR count). The van der Waals surface area contributed by atoms with Crippen molar-refractivity contribution < 1.29 is 9.72 Å². The van der Waals surface area contributed by atoms with Crippen molar-refractivity contribution in [3.8, 4) is 11.4 Å². The molecule has 1 atom stereocenters. The number of carbonyl (C=O) groups is 1. The Kier molecular flexibility index (Phi) is 3.88. The molecular formula is C13H14N4O3. The van der Waals surface area contributed by atoms with Crippen molar-refractivity contribution in [2.75, 3.05) is 0 Å². The zero-order valence-electron chi connectivity index (χ0n) is 11.2. The number of hydrogen-bond acceptors (Lipinski definition) is 5. The van der Waals surface area contributed by atoms with Crippen LogP contribution in [0, 0.1) is 10.1 Å². The summed E-state index contributed by atoms with van der Waals surface area (Å²) in [5.74, 6) is 0.421. The van der Waals surface area contributed by atoms with Crippen LogP contribution in [0.2, 0.25) is 0 Å². The highest BCUT2D eigenvalue weighted by Crippen LogP contribution is 2.21. The smallest absolute Gasteiger partial charge is 0.270 e. The van der Waals surface area contributed by atoms with Gasteiger partial charge in [-0.15, -0.1) is 0 Å². The monoisotopic (exact) mass is 274 g/mol. The van der Waals surface area contributed by atoms with Crippen molar-refractivity contribution in [3.63, 3.8) is 0 Å². The van der Waals surface area contributed by atoms with E-state index in [0.717, 1.165) is 0 Å². The van der Waals surface area contributed by atoms with E-state index in [-0.39, 0.29) is 17.5 Å². The number of nitro benzene ring substituents is 1. The summed E-state index contributed by atoms with van der Waals surface area (Å²) in [6, 6.07) is 5.70. The SMILES string of the molecule is CCC(=O)C(C)n1cnc(-c2cccc([N+](=O)[O-])c2)n1. The molecule has 1 heterocycles. The molecule has 2 aromatic rings. The number of hydrogen-bond donors (Lipinski definition) is 0. The van der Waals surface area contributed by atoms with E-state index < -0.39 is 4.92 Å². The Morgan fingerprint density at radius 2 is 2.25 bits per heavy atom. The second-order valence-corrected chi connectivity index (χ2v) is 4.35. The van der Waals surface area contributed by atoms with E-state index in [0.29, 0.717) is 17.8 Å². The third-order valence-electron chi connectivity index (χ3n) is 3.03. The molecule has 0 N–H and O–H groups in total. The molecule has 0 bridgehead atoms. The van der Waals surface area contributed by atoms with Crippen molar-refractivity contribution in [2.24, 2.45) is 0 Å².